The summed E-state index contributed by atoms with van der Waals surface area (Å²) < 4.78 is 82.3. The average Bonchev–Trinajstić information content (AvgIpc) is 4.20. The largest absolute Gasteiger partial charge is 0.481 e. The zero-order valence-electron chi connectivity index (χ0n) is 40.8. The third-order valence-electron chi connectivity index (χ3n) is 12.9. The van der Waals surface area contributed by atoms with Gasteiger partial charge in [-0.25, -0.2) is 26.3 Å². The molecule has 2 aliphatic rings. The van der Waals surface area contributed by atoms with Gasteiger partial charge in [0.1, 0.15) is 0 Å². The van der Waals surface area contributed by atoms with Crippen LogP contribution in [0.3, 0.4) is 0 Å². The lowest BCUT2D eigenvalue weighted by atomic mass is 9.90. The molecule has 76 heavy (non-hydrogen) atoms. The van der Waals surface area contributed by atoms with Gasteiger partial charge in [-0.1, -0.05) is 55.5 Å². The Balaban J connectivity index is 0.000000186. The monoisotopic (exact) mass is 1070 g/mol. The summed E-state index contributed by atoms with van der Waals surface area (Å²) in [7, 11) is -4.95. The van der Waals surface area contributed by atoms with Gasteiger partial charge < -0.3 is 44.7 Å². The first-order valence-electron chi connectivity index (χ1n) is 23.3. The highest BCUT2D eigenvalue weighted by Gasteiger charge is 2.34. The number of carboxylic acid groups (broad SMARTS) is 1. The molecule has 0 spiro atoms. The molecular formula is C54H48N6O14S2. The highest BCUT2D eigenvalue weighted by molar-refractivity contribution is 7.90. The Morgan fingerprint density at radius 2 is 0.947 bits per heavy atom. The van der Waals surface area contributed by atoms with E-state index in [4.69, 9.17) is 35.5 Å². The second-order valence-corrected chi connectivity index (χ2v) is 21.2. The standard InChI is InChI=1S/C27H23N3O8S.C27H25N3O6S/c1-30-13-20(19-8-4-17(26(28)33)11-21(19)30)25(16-5-9-22-23(12-16)38-14-37-22)27(34)29-39(35,36)18-6-2-15(3-7-18)10-24(31)32;1-3-16-4-8-19(9-5-16)37(33,34)29-27(32)25(17-7-11-23-24(13-17)36-15-35-23)21-14-30(2)22-12-18(26(28)31)6-10-20(21)22/h2-9,11-13,25H,10,14H2,1H3,(H2,28,33)(H,29,34)(H,31,32);4-14,25H,3,15H2,1-2H3,(H2,28,31)(H,29,32). The summed E-state index contributed by atoms with van der Waals surface area (Å²) in [6.45, 7) is 2.05. The van der Waals surface area contributed by atoms with Crippen molar-refractivity contribution >= 4 is 71.5 Å². The maximum absolute atomic E-state index is 13.8. The molecule has 22 heteroatoms. The molecule has 390 valence electrons. The normalized spacial score (nSPS) is 13.4. The van der Waals surface area contributed by atoms with Crippen LogP contribution in [0.4, 0.5) is 0 Å². The summed E-state index contributed by atoms with van der Waals surface area (Å²) in [5.41, 5.74) is 16.2. The average molecular weight is 1070 g/mol. The van der Waals surface area contributed by atoms with Crippen LogP contribution < -0.4 is 39.9 Å². The molecule has 2 atom stereocenters. The molecule has 4 heterocycles. The van der Waals surface area contributed by atoms with Crippen LogP contribution in [-0.2, 0) is 61.4 Å². The summed E-state index contributed by atoms with van der Waals surface area (Å²) >= 11 is 0. The van der Waals surface area contributed by atoms with E-state index in [1.54, 1.807) is 114 Å². The predicted molar refractivity (Wildman–Crippen MR) is 276 cm³/mol. The van der Waals surface area contributed by atoms with Crippen LogP contribution in [0.15, 0.2) is 144 Å². The van der Waals surface area contributed by atoms with Gasteiger partial charge in [0.05, 0.1) is 28.0 Å². The second kappa shape index (κ2) is 20.6. The molecule has 0 saturated heterocycles. The SMILES string of the molecule is CCc1ccc(S(=O)(=O)NC(=O)C(c2ccc3c(c2)OCO3)c2cn(C)c3cc(C(N)=O)ccc23)cc1.Cn1cc(C(C(=O)NS(=O)(=O)c2ccc(CC(=O)O)cc2)c2ccc3c(c2)OCO3)c2ccc(C(N)=O)cc21. The van der Waals surface area contributed by atoms with E-state index in [9.17, 15) is 40.8 Å². The number of carboxylic acids is 1. The van der Waals surface area contributed by atoms with Gasteiger partial charge in [0.25, 0.3) is 20.0 Å². The minimum Gasteiger partial charge on any atom is -0.481 e. The number of nitrogens with two attached hydrogens (primary N) is 2. The van der Waals surface area contributed by atoms with Crippen LogP contribution in [0.2, 0.25) is 0 Å². The number of carbonyl (C=O) groups is 5. The van der Waals surface area contributed by atoms with Crippen molar-refractivity contribution in [1.82, 2.24) is 18.6 Å². The van der Waals surface area contributed by atoms with Gasteiger partial charge in [-0.15, -0.1) is 0 Å². The number of aromatic nitrogens is 2. The Morgan fingerprint density at radius 1 is 0.553 bits per heavy atom. The Labute approximate surface area is 434 Å². The molecule has 7 N–H and O–H groups in total. The number of fused-ring (bicyclic) bond motifs is 4. The smallest absolute Gasteiger partial charge is 0.307 e. The number of carbonyl (C=O) groups excluding carboxylic acids is 4. The van der Waals surface area contributed by atoms with Crippen molar-refractivity contribution < 1.29 is 64.9 Å². The number of ether oxygens (including phenoxy) is 4. The fraction of sp³-hybridized carbons (Fsp3) is 0.167. The van der Waals surface area contributed by atoms with Crippen molar-refractivity contribution in [3.05, 3.63) is 178 Å². The number of amides is 4. The van der Waals surface area contributed by atoms with E-state index in [0.29, 0.717) is 78.2 Å². The van der Waals surface area contributed by atoms with E-state index >= 15 is 0 Å². The first kappa shape index (κ1) is 51.7. The number of hydrogen-bond acceptors (Lipinski definition) is 13. The van der Waals surface area contributed by atoms with E-state index in [1.165, 1.54) is 42.5 Å². The minimum absolute atomic E-state index is 0.00786. The van der Waals surface area contributed by atoms with Crippen LogP contribution in [0, 0.1) is 0 Å². The van der Waals surface area contributed by atoms with Crippen LogP contribution in [0.1, 0.15) is 72.9 Å². The third-order valence-corrected chi connectivity index (χ3v) is 15.6. The molecular weight excluding hydrogens is 1020 g/mol. The molecule has 10 rings (SSSR count). The lowest BCUT2D eigenvalue weighted by molar-refractivity contribution is -0.136. The minimum atomic E-state index is -4.31. The molecule has 20 nitrogen and oxygen atoms in total. The van der Waals surface area contributed by atoms with Crippen molar-refractivity contribution in [3.63, 3.8) is 0 Å². The number of benzene rings is 6. The van der Waals surface area contributed by atoms with Gasteiger partial charge in [-0.2, -0.15) is 0 Å². The summed E-state index contributed by atoms with van der Waals surface area (Å²) in [5.74, 6) is -3.98. The molecule has 8 aromatic rings. The number of sulfonamides is 2. The van der Waals surface area contributed by atoms with E-state index in [0.717, 1.165) is 12.0 Å². The molecule has 2 aliphatic heterocycles. The Morgan fingerprint density at radius 3 is 1.33 bits per heavy atom. The second-order valence-electron chi connectivity index (χ2n) is 17.8. The summed E-state index contributed by atoms with van der Waals surface area (Å²) in [5, 5.41) is 10.3. The number of rotatable bonds is 15. The maximum Gasteiger partial charge on any atom is 0.307 e. The van der Waals surface area contributed by atoms with E-state index in [1.807, 2.05) is 6.92 Å². The summed E-state index contributed by atoms with van der Waals surface area (Å²) in [6.07, 6.45) is 3.93. The highest BCUT2D eigenvalue weighted by atomic mass is 32.2. The molecule has 4 amide bonds. The number of hydrogen-bond donors (Lipinski definition) is 5. The fourth-order valence-corrected chi connectivity index (χ4v) is 11.1. The number of primary amides is 2. The lowest BCUT2D eigenvalue weighted by Crippen LogP contribution is -2.35. The molecule has 2 unspecified atom stereocenters. The first-order valence-corrected chi connectivity index (χ1v) is 26.3. The van der Waals surface area contributed by atoms with Gasteiger partial charge in [-0.05, 0) is 113 Å². The first-order chi connectivity index (χ1) is 36.2. The fourth-order valence-electron chi connectivity index (χ4n) is 9.09. The number of aliphatic carboxylic acids is 1. The summed E-state index contributed by atoms with van der Waals surface area (Å²) in [6, 6.07) is 31.3. The van der Waals surface area contributed by atoms with Crippen molar-refractivity contribution in [2.24, 2.45) is 25.6 Å². The quantitative estimate of drug-likeness (QED) is 0.0850. The number of nitrogens with one attached hydrogen (secondary N) is 2. The molecule has 0 saturated carbocycles. The van der Waals surface area contributed by atoms with Crippen LogP contribution in [0.5, 0.6) is 23.0 Å². The zero-order chi connectivity index (χ0) is 54.2. The van der Waals surface area contributed by atoms with Gasteiger partial charge in [0.2, 0.25) is 37.2 Å². The zero-order valence-corrected chi connectivity index (χ0v) is 42.4. The number of aryl methyl sites for hydroxylation is 3. The van der Waals surface area contributed by atoms with E-state index in [-0.39, 0.29) is 35.4 Å². The predicted octanol–water partition coefficient (Wildman–Crippen LogP) is 5.48. The molecule has 0 radical (unpaired) electrons. The maximum atomic E-state index is 13.8. The molecule has 0 aliphatic carbocycles. The number of nitrogens with zero attached hydrogens (tertiary/aromatic N) is 2. The van der Waals surface area contributed by atoms with Gasteiger partial charge in [0, 0.05) is 59.4 Å². The van der Waals surface area contributed by atoms with Gasteiger partial charge in [0.15, 0.2) is 23.0 Å². The van der Waals surface area contributed by atoms with Crippen molar-refractivity contribution in [2.75, 3.05) is 13.6 Å². The Bertz CT molecular complexity index is 3890. The Hall–Kier alpha value is -9.15. The third kappa shape index (κ3) is 10.5. The van der Waals surface area contributed by atoms with Crippen molar-refractivity contribution in [2.45, 2.75) is 41.4 Å². The van der Waals surface area contributed by atoms with Crippen LogP contribution >= 0.6 is 0 Å². The molecule has 2 aromatic heterocycles. The molecule has 0 bridgehead atoms. The van der Waals surface area contributed by atoms with E-state index < -0.39 is 61.5 Å². The molecule has 0 fully saturated rings. The molecule has 6 aromatic carbocycles. The van der Waals surface area contributed by atoms with Gasteiger partial charge >= 0.3 is 5.97 Å². The van der Waals surface area contributed by atoms with Crippen molar-refractivity contribution in [1.29, 1.82) is 0 Å². The topological polar surface area (TPSA) is 297 Å². The van der Waals surface area contributed by atoms with Crippen LogP contribution in [0.25, 0.3) is 21.8 Å². The lowest BCUT2D eigenvalue weighted by Gasteiger charge is -2.18. The Kier molecular flexibility index (Phi) is 14.0. The van der Waals surface area contributed by atoms with Gasteiger partial charge in [-0.3, -0.25) is 24.0 Å². The van der Waals surface area contributed by atoms with Crippen molar-refractivity contribution in [3.8, 4) is 23.0 Å². The van der Waals surface area contributed by atoms with E-state index in [2.05, 4.69) is 9.44 Å². The highest BCUT2D eigenvalue weighted by Crippen LogP contribution is 2.41. The summed E-state index contributed by atoms with van der Waals surface area (Å²) in [4.78, 5) is 61.7. The van der Waals surface area contributed by atoms with Crippen LogP contribution in [-0.4, -0.2) is 74.3 Å².